The number of rotatable bonds is 5. The van der Waals surface area contributed by atoms with Crippen molar-refractivity contribution in [1.82, 2.24) is 15.3 Å². The van der Waals surface area contributed by atoms with E-state index in [0.717, 1.165) is 30.2 Å². The molecule has 116 valence electrons. The Balaban J connectivity index is 1.64. The van der Waals surface area contributed by atoms with Crippen LogP contribution in [0.5, 0.6) is 5.88 Å². The summed E-state index contributed by atoms with van der Waals surface area (Å²) in [5, 5.41) is 4.98. The minimum Gasteiger partial charge on any atom is -0.475 e. The normalized spacial score (nSPS) is 17.5. The average molecular weight is 318 g/mol. The average Bonchev–Trinajstić information content (AvgIpc) is 3.19. The van der Waals surface area contributed by atoms with Crippen LogP contribution in [0.4, 0.5) is 5.82 Å². The third-order valence-corrected chi connectivity index (χ3v) is 4.36. The smallest absolute Gasteiger partial charge is 0.261 e. The number of nitrogens with zero attached hydrogens (tertiary/aromatic N) is 3. The summed E-state index contributed by atoms with van der Waals surface area (Å²) < 4.78 is 5.52. The minimum atomic E-state index is -0.00831. The van der Waals surface area contributed by atoms with Crippen LogP contribution in [0.25, 0.3) is 0 Å². The van der Waals surface area contributed by atoms with Crippen LogP contribution in [0.15, 0.2) is 29.9 Å². The van der Waals surface area contributed by atoms with Crippen molar-refractivity contribution in [3.8, 4) is 5.88 Å². The second-order valence-corrected chi connectivity index (χ2v) is 5.95. The van der Waals surface area contributed by atoms with Crippen LogP contribution in [-0.4, -0.2) is 41.6 Å². The number of amides is 1. The lowest BCUT2D eigenvalue weighted by Crippen LogP contribution is -2.37. The molecule has 3 heterocycles. The van der Waals surface area contributed by atoms with Gasteiger partial charge in [0.25, 0.3) is 11.8 Å². The molecule has 1 N–H and O–H groups in total. The Morgan fingerprint density at radius 2 is 2.36 bits per heavy atom. The molecule has 0 unspecified atom stereocenters. The Bertz CT molecular complexity index is 632. The second kappa shape index (κ2) is 6.74. The summed E-state index contributed by atoms with van der Waals surface area (Å²) in [5.41, 5.74) is 0. The van der Waals surface area contributed by atoms with Crippen LogP contribution in [0, 0.1) is 0 Å². The topological polar surface area (TPSA) is 67.4 Å². The first kappa shape index (κ1) is 14.8. The summed E-state index contributed by atoms with van der Waals surface area (Å²) in [6, 6.07) is 3.84. The predicted octanol–water partition coefficient (Wildman–Crippen LogP) is 1.95. The first-order valence-corrected chi connectivity index (χ1v) is 8.19. The maximum atomic E-state index is 12.1. The van der Waals surface area contributed by atoms with E-state index in [4.69, 9.17) is 4.74 Å². The molecule has 2 aromatic heterocycles. The van der Waals surface area contributed by atoms with E-state index >= 15 is 0 Å². The summed E-state index contributed by atoms with van der Waals surface area (Å²) in [6.45, 7) is 4.02. The van der Waals surface area contributed by atoms with E-state index in [1.165, 1.54) is 11.3 Å². The van der Waals surface area contributed by atoms with Crippen molar-refractivity contribution in [3.05, 3.63) is 34.8 Å². The van der Waals surface area contributed by atoms with Gasteiger partial charge in [-0.05, 0) is 24.8 Å². The van der Waals surface area contributed by atoms with Gasteiger partial charge in [-0.25, -0.2) is 9.97 Å². The molecule has 0 bridgehead atoms. The van der Waals surface area contributed by atoms with Gasteiger partial charge in [0, 0.05) is 31.5 Å². The molecule has 22 heavy (non-hydrogen) atoms. The molecule has 2 aromatic rings. The summed E-state index contributed by atoms with van der Waals surface area (Å²) in [5.74, 6) is 1.29. The molecule has 0 radical (unpaired) electrons. The Labute approximate surface area is 133 Å². The van der Waals surface area contributed by atoms with E-state index in [2.05, 4.69) is 20.2 Å². The second-order valence-electron chi connectivity index (χ2n) is 5.00. The fraction of sp³-hybridized carbons (Fsp3) is 0.400. The van der Waals surface area contributed by atoms with Gasteiger partial charge >= 0.3 is 0 Å². The summed E-state index contributed by atoms with van der Waals surface area (Å²) >= 11 is 1.45. The van der Waals surface area contributed by atoms with Crippen molar-refractivity contribution < 1.29 is 9.53 Å². The minimum absolute atomic E-state index is 0.00831. The lowest BCUT2D eigenvalue weighted by atomic mass is 10.2. The van der Waals surface area contributed by atoms with Crippen LogP contribution in [0.2, 0.25) is 0 Å². The van der Waals surface area contributed by atoms with E-state index in [-0.39, 0.29) is 11.9 Å². The maximum Gasteiger partial charge on any atom is 0.261 e. The number of thiophene rings is 1. The van der Waals surface area contributed by atoms with Gasteiger partial charge in [0.1, 0.15) is 0 Å². The van der Waals surface area contributed by atoms with Gasteiger partial charge in [0.2, 0.25) is 0 Å². The Kier molecular flexibility index (Phi) is 4.53. The van der Waals surface area contributed by atoms with Crippen LogP contribution in [0.3, 0.4) is 0 Å². The quantitative estimate of drug-likeness (QED) is 0.912. The van der Waals surface area contributed by atoms with Crippen LogP contribution < -0.4 is 15.0 Å². The molecule has 1 aliphatic heterocycles. The van der Waals surface area contributed by atoms with Gasteiger partial charge in [-0.3, -0.25) is 4.79 Å². The predicted molar refractivity (Wildman–Crippen MR) is 85.6 cm³/mol. The van der Waals surface area contributed by atoms with Crippen molar-refractivity contribution in [2.45, 2.75) is 19.4 Å². The maximum absolute atomic E-state index is 12.1. The standard InChI is InChI=1S/C15H18N4O2S/c1-2-21-15-13(16-6-7-17-15)19-8-5-11(10-19)18-14(20)12-4-3-9-22-12/h3-4,6-7,9,11H,2,5,8,10H2,1H3,(H,18,20)/t11-/m0/s1. The van der Waals surface area contributed by atoms with Gasteiger partial charge in [-0.2, -0.15) is 0 Å². The van der Waals surface area contributed by atoms with Crippen LogP contribution >= 0.6 is 11.3 Å². The zero-order valence-electron chi connectivity index (χ0n) is 12.4. The number of hydrogen-bond acceptors (Lipinski definition) is 6. The number of carbonyl (C=O) groups is 1. The molecular formula is C15H18N4O2S. The van der Waals surface area contributed by atoms with Crippen molar-refractivity contribution >= 4 is 23.1 Å². The zero-order chi connectivity index (χ0) is 15.4. The number of anilines is 1. The number of carbonyl (C=O) groups excluding carboxylic acids is 1. The molecule has 0 aliphatic carbocycles. The molecule has 3 rings (SSSR count). The molecule has 6 nitrogen and oxygen atoms in total. The lowest BCUT2D eigenvalue weighted by Gasteiger charge is -2.19. The highest BCUT2D eigenvalue weighted by molar-refractivity contribution is 7.12. The van der Waals surface area contributed by atoms with Crippen LogP contribution in [-0.2, 0) is 0 Å². The number of aromatic nitrogens is 2. The van der Waals surface area contributed by atoms with Gasteiger partial charge in [-0.1, -0.05) is 6.07 Å². The highest BCUT2D eigenvalue weighted by Crippen LogP contribution is 2.26. The third-order valence-electron chi connectivity index (χ3n) is 3.50. The lowest BCUT2D eigenvalue weighted by molar-refractivity contribution is 0.0944. The van der Waals surface area contributed by atoms with E-state index in [1.807, 2.05) is 24.4 Å². The van der Waals surface area contributed by atoms with Crippen molar-refractivity contribution in [2.75, 3.05) is 24.6 Å². The number of nitrogens with one attached hydrogen (secondary N) is 1. The third kappa shape index (κ3) is 3.19. The van der Waals surface area contributed by atoms with Crippen molar-refractivity contribution in [3.63, 3.8) is 0 Å². The molecule has 1 aliphatic rings. The Morgan fingerprint density at radius 3 is 3.14 bits per heavy atom. The van der Waals surface area contributed by atoms with E-state index in [9.17, 15) is 4.79 Å². The zero-order valence-corrected chi connectivity index (χ0v) is 13.2. The van der Waals surface area contributed by atoms with Gasteiger partial charge < -0.3 is 15.0 Å². The molecule has 1 fully saturated rings. The van der Waals surface area contributed by atoms with Gasteiger partial charge in [0.05, 0.1) is 11.5 Å². The first-order chi connectivity index (χ1) is 10.8. The van der Waals surface area contributed by atoms with E-state index < -0.39 is 0 Å². The molecule has 0 spiro atoms. The molecule has 1 saturated heterocycles. The summed E-state index contributed by atoms with van der Waals surface area (Å²) in [7, 11) is 0. The molecular weight excluding hydrogens is 300 g/mol. The van der Waals surface area contributed by atoms with Gasteiger partial charge in [-0.15, -0.1) is 11.3 Å². The molecule has 1 atom stereocenters. The SMILES string of the molecule is CCOc1nccnc1N1CC[C@H](NC(=O)c2cccs2)C1. The first-order valence-electron chi connectivity index (χ1n) is 7.31. The van der Waals surface area contributed by atoms with E-state index in [0.29, 0.717) is 12.5 Å². The molecule has 0 aromatic carbocycles. The Hall–Kier alpha value is -2.15. The van der Waals surface area contributed by atoms with Crippen LogP contribution in [0.1, 0.15) is 23.0 Å². The molecule has 1 amide bonds. The Morgan fingerprint density at radius 1 is 1.50 bits per heavy atom. The van der Waals surface area contributed by atoms with Gasteiger partial charge in [0.15, 0.2) is 5.82 Å². The highest BCUT2D eigenvalue weighted by Gasteiger charge is 2.27. The highest BCUT2D eigenvalue weighted by atomic mass is 32.1. The fourth-order valence-electron chi connectivity index (χ4n) is 2.51. The summed E-state index contributed by atoms with van der Waals surface area (Å²) in [4.78, 5) is 23.6. The fourth-order valence-corrected chi connectivity index (χ4v) is 3.13. The molecule has 7 heteroatoms. The number of hydrogen-bond donors (Lipinski definition) is 1. The van der Waals surface area contributed by atoms with E-state index in [1.54, 1.807) is 12.4 Å². The van der Waals surface area contributed by atoms with Crippen molar-refractivity contribution in [1.29, 1.82) is 0 Å². The largest absolute Gasteiger partial charge is 0.475 e. The number of ether oxygens (including phenoxy) is 1. The summed E-state index contributed by atoms with van der Waals surface area (Å²) in [6.07, 6.45) is 4.18. The van der Waals surface area contributed by atoms with Crippen molar-refractivity contribution in [2.24, 2.45) is 0 Å². The molecule has 0 saturated carbocycles. The monoisotopic (exact) mass is 318 g/mol.